The summed E-state index contributed by atoms with van der Waals surface area (Å²) in [6.07, 6.45) is 1.40. The van der Waals surface area contributed by atoms with Gasteiger partial charge >= 0.3 is 0 Å². The van der Waals surface area contributed by atoms with Crippen molar-refractivity contribution in [1.29, 1.82) is 0 Å². The van der Waals surface area contributed by atoms with Crippen LogP contribution in [0, 0.1) is 5.92 Å². The number of methoxy groups -OCH3 is 2. The lowest BCUT2D eigenvalue weighted by Gasteiger charge is -2.38. The SMILES string of the molecule is COCc1noc(C(C)N2CCC(C)C(OC)C2)n1. The van der Waals surface area contributed by atoms with E-state index < -0.39 is 0 Å². The summed E-state index contributed by atoms with van der Waals surface area (Å²) in [6, 6.07) is 0.114. The zero-order chi connectivity index (χ0) is 13.8. The molecule has 0 spiro atoms. The number of piperidine rings is 1. The fraction of sp³-hybridized carbons (Fsp3) is 0.846. The minimum Gasteiger partial charge on any atom is -0.380 e. The molecular weight excluding hydrogens is 246 g/mol. The summed E-state index contributed by atoms with van der Waals surface area (Å²) in [7, 11) is 3.40. The van der Waals surface area contributed by atoms with Gasteiger partial charge in [0.2, 0.25) is 5.89 Å². The van der Waals surface area contributed by atoms with E-state index in [1.165, 1.54) is 0 Å². The number of ether oxygens (including phenoxy) is 2. The number of aromatic nitrogens is 2. The smallest absolute Gasteiger partial charge is 0.243 e. The van der Waals surface area contributed by atoms with Gasteiger partial charge in [-0.1, -0.05) is 12.1 Å². The predicted molar refractivity (Wildman–Crippen MR) is 69.6 cm³/mol. The fourth-order valence-electron chi connectivity index (χ4n) is 2.50. The van der Waals surface area contributed by atoms with E-state index >= 15 is 0 Å². The van der Waals surface area contributed by atoms with Crippen molar-refractivity contribution in [2.24, 2.45) is 5.92 Å². The zero-order valence-electron chi connectivity index (χ0n) is 12.1. The maximum atomic E-state index is 5.54. The minimum absolute atomic E-state index is 0.114. The molecule has 1 aromatic rings. The van der Waals surface area contributed by atoms with Crippen LogP contribution in [-0.2, 0) is 16.1 Å². The molecule has 2 rings (SSSR count). The highest BCUT2D eigenvalue weighted by Gasteiger charge is 2.31. The van der Waals surface area contributed by atoms with Crippen molar-refractivity contribution in [3.05, 3.63) is 11.7 Å². The number of nitrogens with zero attached hydrogens (tertiary/aromatic N) is 3. The molecule has 3 unspecified atom stereocenters. The van der Waals surface area contributed by atoms with Gasteiger partial charge in [-0.25, -0.2) is 0 Å². The van der Waals surface area contributed by atoms with Crippen LogP contribution in [0.5, 0.6) is 0 Å². The van der Waals surface area contributed by atoms with Crippen LogP contribution < -0.4 is 0 Å². The van der Waals surface area contributed by atoms with Gasteiger partial charge in [-0.05, 0) is 25.8 Å². The Morgan fingerprint density at radius 3 is 2.95 bits per heavy atom. The monoisotopic (exact) mass is 269 g/mol. The molecule has 1 saturated heterocycles. The normalized spacial score (nSPS) is 26.5. The molecule has 1 fully saturated rings. The number of likely N-dealkylation sites (tertiary alicyclic amines) is 1. The van der Waals surface area contributed by atoms with Gasteiger partial charge in [0, 0.05) is 20.8 Å². The van der Waals surface area contributed by atoms with Crippen LogP contribution in [-0.4, -0.2) is 48.5 Å². The van der Waals surface area contributed by atoms with Crippen molar-refractivity contribution < 1.29 is 14.0 Å². The quantitative estimate of drug-likeness (QED) is 0.809. The Hall–Kier alpha value is -0.980. The Balaban J connectivity index is 2.00. The summed E-state index contributed by atoms with van der Waals surface area (Å²) in [5.41, 5.74) is 0. The van der Waals surface area contributed by atoms with Crippen molar-refractivity contribution in [3.8, 4) is 0 Å². The maximum Gasteiger partial charge on any atom is 0.243 e. The molecule has 1 aliphatic heterocycles. The third kappa shape index (κ3) is 3.32. The largest absolute Gasteiger partial charge is 0.380 e. The lowest BCUT2D eigenvalue weighted by molar-refractivity contribution is -0.0210. The van der Waals surface area contributed by atoms with E-state index in [1.807, 2.05) is 0 Å². The second-order valence-corrected chi connectivity index (χ2v) is 5.19. The third-order valence-electron chi connectivity index (χ3n) is 3.89. The summed E-state index contributed by atoms with van der Waals surface area (Å²) < 4.78 is 15.8. The first-order valence-corrected chi connectivity index (χ1v) is 6.74. The molecule has 6 heteroatoms. The first-order chi connectivity index (χ1) is 9.15. The van der Waals surface area contributed by atoms with Gasteiger partial charge < -0.3 is 14.0 Å². The van der Waals surface area contributed by atoms with Crippen LogP contribution in [0.15, 0.2) is 4.52 Å². The molecule has 0 aromatic carbocycles. The maximum absolute atomic E-state index is 5.54. The van der Waals surface area contributed by atoms with E-state index in [2.05, 4.69) is 28.9 Å². The number of hydrogen-bond acceptors (Lipinski definition) is 6. The van der Waals surface area contributed by atoms with Gasteiger partial charge in [-0.2, -0.15) is 4.98 Å². The number of hydrogen-bond donors (Lipinski definition) is 0. The molecule has 6 nitrogen and oxygen atoms in total. The van der Waals surface area contributed by atoms with Gasteiger partial charge in [-0.3, -0.25) is 4.90 Å². The van der Waals surface area contributed by atoms with Crippen LogP contribution >= 0.6 is 0 Å². The summed E-state index contributed by atoms with van der Waals surface area (Å²) in [5.74, 6) is 1.84. The highest BCUT2D eigenvalue weighted by Crippen LogP contribution is 2.26. The van der Waals surface area contributed by atoms with Crippen molar-refractivity contribution in [1.82, 2.24) is 15.0 Å². The van der Waals surface area contributed by atoms with Crippen molar-refractivity contribution in [3.63, 3.8) is 0 Å². The topological polar surface area (TPSA) is 60.6 Å². The van der Waals surface area contributed by atoms with Crippen LogP contribution in [0.3, 0.4) is 0 Å². The van der Waals surface area contributed by atoms with Crippen molar-refractivity contribution >= 4 is 0 Å². The Morgan fingerprint density at radius 2 is 2.26 bits per heavy atom. The molecule has 0 radical (unpaired) electrons. The molecule has 1 aliphatic rings. The second kappa shape index (κ2) is 6.45. The summed E-state index contributed by atoms with van der Waals surface area (Å²) >= 11 is 0. The van der Waals surface area contributed by atoms with Gasteiger partial charge in [0.25, 0.3) is 0 Å². The Bertz CT molecular complexity index is 396. The average molecular weight is 269 g/mol. The van der Waals surface area contributed by atoms with Gasteiger partial charge in [0.05, 0.1) is 12.1 Å². The van der Waals surface area contributed by atoms with Gasteiger partial charge in [0.15, 0.2) is 5.82 Å². The molecule has 0 N–H and O–H groups in total. The van der Waals surface area contributed by atoms with Crippen molar-refractivity contribution in [2.45, 2.75) is 39.0 Å². The van der Waals surface area contributed by atoms with E-state index in [1.54, 1.807) is 14.2 Å². The molecular formula is C13H23N3O3. The Labute approximate surface area is 114 Å². The molecule has 1 aromatic heterocycles. The second-order valence-electron chi connectivity index (χ2n) is 5.19. The fourth-order valence-corrected chi connectivity index (χ4v) is 2.50. The minimum atomic E-state index is 0.114. The van der Waals surface area contributed by atoms with E-state index in [0.29, 0.717) is 24.2 Å². The molecule has 108 valence electrons. The molecule has 2 heterocycles. The summed E-state index contributed by atoms with van der Waals surface area (Å²) in [4.78, 5) is 6.69. The van der Waals surface area contributed by atoms with Gasteiger partial charge in [0.1, 0.15) is 6.61 Å². The summed E-state index contributed by atoms with van der Waals surface area (Å²) in [6.45, 7) is 6.64. The standard InChI is InChI=1S/C13H23N3O3/c1-9-5-6-16(7-11(9)18-4)10(2)13-14-12(8-17-3)15-19-13/h9-11H,5-8H2,1-4H3. The van der Waals surface area contributed by atoms with Gasteiger partial charge in [-0.15, -0.1) is 0 Å². The van der Waals surface area contributed by atoms with Crippen LogP contribution in [0.2, 0.25) is 0 Å². The molecule has 0 aliphatic carbocycles. The molecule has 0 bridgehead atoms. The van der Waals surface area contributed by atoms with Crippen molar-refractivity contribution in [2.75, 3.05) is 27.3 Å². The predicted octanol–water partition coefficient (Wildman–Crippen LogP) is 1.63. The van der Waals surface area contributed by atoms with E-state index in [9.17, 15) is 0 Å². The third-order valence-corrected chi connectivity index (χ3v) is 3.89. The average Bonchev–Trinajstić information content (AvgIpc) is 2.87. The van der Waals surface area contributed by atoms with Crippen LogP contribution in [0.4, 0.5) is 0 Å². The van der Waals surface area contributed by atoms with Crippen LogP contribution in [0.1, 0.15) is 38.0 Å². The zero-order valence-corrected chi connectivity index (χ0v) is 12.1. The summed E-state index contributed by atoms with van der Waals surface area (Å²) in [5, 5.41) is 3.91. The van der Waals surface area contributed by atoms with Crippen LogP contribution in [0.25, 0.3) is 0 Å². The van der Waals surface area contributed by atoms with E-state index in [0.717, 1.165) is 19.5 Å². The molecule has 3 atom stereocenters. The highest BCUT2D eigenvalue weighted by atomic mass is 16.5. The molecule has 0 saturated carbocycles. The lowest BCUT2D eigenvalue weighted by Crippen LogP contribution is -2.44. The van der Waals surface area contributed by atoms with E-state index in [4.69, 9.17) is 14.0 Å². The highest BCUT2D eigenvalue weighted by molar-refractivity contribution is 4.93. The first kappa shape index (κ1) is 14.4. The molecule has 0 amide bonds. The lowest BCUT2D eigenvalue weighted by atomic mass is 9.95. The molecule has 19 heavy (non-hydrogen) atoms. The first-order valence-electron chi connectivity index (χ1n) is 6.74. The number of rotatable bonds is 5. The van der Waals surface area contributed by atoms with E-state index in [-0.39, 0.29) is 12.1 Å². The Kier molecular flexibility index (Phi) is 4.90. The Morgan fingerprint density at radius 1 is 1.47 bits per heavy atom.